The van der Waals surface area contributed by atoms with Crippen LogP contribution in [-0.4, -0.2) is 82.3 Å². The van der Waals surface area contributed by atoms with Gasteiger partial charge in [-0.05, 0) is 37.2 Å². The molecule has 0 saturated carbocycles. The number of carboxylic acid groups (broad SMARTS) is 1. The van der Waals surface area contributed by atoms with Crippen molar-refractivity contribution in [2.45, 2.75) is 70.1 Å². The van der Waals surface area contributed by atoms with Gasteiger partial charge in [0.2, 0.25) is 23.6 Å². The molecule has 5 atom stereocenters. The van der Waals surface area contributed by atoms with Crippen molar-refractivity contribution in [3.63, 3.8) is 0 Å². The summed E-state index contributed by atoms with van der Waals surface area (Å²) in [6, 6.07) is -3.98. The monoisotopic (exact) mass is 473 g/mol. The van der Waals surface area contributed by atoms with Gasteiger partial charge in [-0.15, -0.1) is 0 Å². The Morgan fingerprint density at radius 3 is 2.41 bits per heavy atom. The number of thioether (sulfide) groups is 1. The number of likely N-dealkylation sites (tertiary alicyclic amines) is 1. The maximum Gasteiger partial charge on any atom is 0.326 e. The molecule has 11 nitrogen and oxygen atoms in total. The summed E-state index contributed by atoms with van der Waals surface area (Å²) in [5.41, 5.74) is 10.8. The number of carbonyl (C=O) groups is 5. The van der Waals surface area contributed by atoms with E-state index >= 15 is 0 Å². The second kappa shape index (κ2) is 13.3. The zero-order valence-electron chi connectivity index (χ0n) is 18.8. The smallest absolute Gasteiger partial charge is 0.326 e. The van der Waals surface area contributed by atoms with E-state index in [1.165, 1.54) is 16.7 Å². The van der Waals surface area contributed by atoms with Crippen molar-refractivity contribution in [2.24, 2.45) is 17.4 Å². The van der Waals surface area contributed by atoms with Crippen LogP contribution < -0.4 is 22.1 Å². The van der Waals surface area contributed by atoms with Crippen LogP contribution in [0.3, 0.4) is 0 Å². The molecule has 0 bridgehead atoms. The highest BCUT2D eigenvalue weighted by molar-refractivity contribution is 7.98. The summed E-state index contributed by atoms with van der Waals surface area (Å²) in [6.07, 6.45) is 3.31. The average molecular weight is 474 g/mol. The highest BCUT2D eigenvalue weighted by Gasteiger charge is 2.40. The maximum atomic E-state index is 13.3. The van der Waals surface area contributed by atoms with Gasteiger partial charge in [0.25, 0.3) is 0 Å². The fourth-order valence-corrected chi connectivity index (χ4v) is 3.97. The second-order valence-corrected chi connectivity index (χ2v) is 9.00. The molecule has 182 valence electrons. The number of carboxylic acids is 1. The SMILES string of the molecule is CCC(C)C(NC(=O)C(N)CC(N)=O)C(=O)N1CCCC1C(=O)NC(CCSC)C(=O)O. The lowest BCUT2D eigenvalue weighted by atomic mass is 9.96. The summed E-state index contributed by atoms with van der Waals surface area (Å²) < 4.78 is 0. The van der Waals surface area contributed by atoms with Gasteiger partial charge < -0.3 is 32.1 Å². The van der Waals surface area contributed by atoms with Crippen LogP contribution in [0.25, 0.3) is 0 Å². The van der Waals surface area contributed by atoms with Gasteiger partial charge in [0.15, 0.2) is 0 Å². The van der Waals surface area contributed by atoms with Gasteiger partial charge in [0.05, 0.1) is 12.5 Å². The lowest BCUT2D eigenvalue weighted by molar-refractivity contribution is -0.145. The van der Waals surface area contributed by atoms with Crippen molar-refractivity contribution in [2.75, 3.05) is 18.6 Å². The first-order valence-corrected chi connectivity index (χ1v) is 12.1. The highest BCUT2D eigenvalue weighted by Crippen LogP contribution is 2.22. The summed E-state index contributed by atoms with van der Waals surface area (Å²) in [5, 5.41) is 14.5. The molecule has 0 aromatic carbocycles. The third-order valence-electron chi connectivity index (χ3n) is 5.60. The first-order chi connectivity index (χ1) is 15.0. The predicted octanol–water partition coefficient (Wildman–Crippen LogP) is -0.966. The molecule has 1 heterocycles. The Morgan fingerprint density at radius 2 is 1.88 bits per heavy atom. The Labute approximate surface area is 192 Å². The summed E-state index contributed by atoms with van der Waals surface area (Å²) in [7, 11) is 0. The van der Waals surface area contributed by atoms with E-state index in [-0.39, 0.29) is 18.8 Å². The Kier molecular flexibility index (Phi) is 11.5. The number of primary amides is 1. The quantitative estimate of drug-likeness (QED) is 0.226. The van der Waals surface area contributed by atoms with Gasteiger partial charge in [0, 0.05) is 6.54 Å². The van der Waals surface area contributed by atoms with E-state index < -0.39 is 53.8 Å². The fraction of sp³-hybridized carbons (Fsp3) is 0.750. The van der Waals surface area contributed by atoms with Crippen molar-refractivity contribution in [1.82, 2.24) is 15.5 Å². The van der Waals surface area contributed by atoms with Crippen LogP contribution >= 0.6 is 11.8 Å². The third kappa shape index (κ3) is 7.97. The second-order valence-electron chi connectivity index (χ2n) is 8.02. The largest absolute Gasteiger partial charge is 0.480 e. The molecule has 1 fully saturated rings. The van der Waals surface area contributed by atoms with Crippen LogP contribution in [0.5, 0.6) is 0 Å². The zero-order valence-corrected chi connectivity index (χ0v) is 19.7. The van der Waals surface area contributed by atoms with Crippen LogP contribution in [0.1, 0.15) is 46.0 Å². The summed E-state index contributed by atoms with van der Waals surface area (Å²) in [5.74, 6) is -3.19. The molecule has 1 saturated heterocycles. The normalized spacial score (nSPS) is 19.5. The van der Waals surface area contributed by atoms with E-state index in [0.29, 0.717) is 31.6 Å². The van der Waals surface area contributed by atoms with Crippen molar-refractivity contribution in [1.29, 1.82) is 0 Å². The minimum atomic E-state index is -1.18. The van der Waals surface area contributed by atoms with Crippen molar-refractivity contribution in [3.8, 4) is 0 Å². The van der Waals surface area contributed by atoms with Crippen molar-refractivity contribution >= 4 is 41.4 Å². The number of hydrogen-bond donors (Lipinski definition) is 5. The molecule has 1 aliphatic rings. The molecule has 0 spiro atoms. The molecule has 1 aliphatic heterocycles. The average Bonchev–Trinajstić information content (AvgIpc) is 3.22. The highest BCUT2D eigenvalue weighted by atomic mass is 32.2. The topological polar surface area (TPSA) is 185 Å². The lowest BCUT2D eigenvalue weighted by Gasteiger charge is -2.32. The number of nitrogens with one attached hydrogen (secondary N) is 2. The zero-order chi connectivity index (χ0) is 24.4. The molecule has 1 rings (SSSR count). The van der Waals surface area contributed by atoms with Gasteiger partial charge in [-0.1, -0.05) is 20.3 Å². The minimum Gasteiger partial charge on any atom is -0.480 e. The Balaban J connectivity index is 2.96. The number of rotatable bonds is 13. The standard InChI is InChI=1S/C20H35N5O6S/c1-4-11(2)16(24-17(27)12(21)10-15(22)26)19(29)25-8-5-6-14(25)18(28)23-13(20(30)31)7-9-32-3/h11-14,16H,4-10,21H2,1-3H3,(H2,22,26)(H,23,28)(H,24,27)(H,30,31). The van der Waals surface area contributed by atoms with E-state index in [1.807, 2.05) is 13.2 Å². The third-order valence-corrected chi connectivity index (χ3v) is 6.24. The molecular weight excluding hydrogens is 438 g/mol. The molecule has 32 heavy (non-hydrogen) atoms. The molecule has 12 heteroatoms. The number of carbonyl (C=O) groups excluding carboxylic acids is 4. The van der Waals surface area contributed by atoms with Crippen LogP contribution in [0.2, 0.25) is 0 Å². The van der Waals surface area contributed by atoms with E-state index in [9.17, 15) is 29.1 Å². The maximum absolute atomic E-state index is 13.3. The van der Waals surface area contributed by atoms with E-state index in [4.69, 9.17) is 11.5 Å². The van der Waals surface area contributed by atoms with Gasteiger partial charge in [-0.3, -0.25) is 19.2 Å². The molecule has 0 aliphatic carbocycles. The molecule has 7 N–H and O–H groups in total. The van der Waals surface area contributed by atoms with Crippen LogP contribution in [0.4, 0.5) is 0 Å². The van der Waals surface area contributed by atoms with E-state index in [0.717, 1.165) is 0 Å². The summed E-state index contributed by atoms with van der Waals surface area (Å²) >= 11 is 1.47. The molecular formula is C20H35N5O6S. The lowest BCUT2D eigenvalue weighted by Crippen LogP contribution is -2.58. The van der Waals surface area contributed by atoms with Gasteiger partial charge in [0.1, 0.15) is 18.1 Å². The van der Waals surface area contributed by atoms with Crippen molar-refractivity contribution < 1.29 is 29.1 Å². The van der Waals surface area contributed by atoms with E-state index in [1.54, 1.807) is 6.92 Å². The molecule has 4 amide bonds. The minimum absolute atomic E-state index is 0.259. The summed E-state index contributed by atoms with van der Waals surface area (Å²) in [6.45, 7) is 3.96. The summed E-state index contributed by atoms with van der Waals surface area (Å²) in [4.78, 5) is 62.4. The Hall–Kier alpha value is -2.34. The molecule has 0 aromatic rings. The number of nitrogens with zero attached hydrogens (tertiary/aromatic N) is 1. The number of amides is 4. The molecule has 0 aromatic heterocycles. The predicted molar refractivity (Wildman–Crippen MR) is 120 cm³/mol. The number of hydrogen-bond acceptors (Lipinski definition) is 7. The Morgan fingerprint density at radius 1 is 1.22 bits per heavy atom. The fourth-order valence-electron chi connectivity index (χ4n) is 3.50. The Bertz CT molecular complexity index is 706. The van der Waals surface area contributed by atoms with Crippen LogP contribution in [0, 0.1) is 5.92 Å². The number of aliphatic carboxylic acids is 1. The first-order valence-electron chi connectivity index (χ1n) is 10.7. The molecule has 0 radical (unpaired) electrons. The van der Waals surface area contributed by atoms with Gasteiger partial charge >= 0.3 is 5.97 Å². The van der Waals surface area contributed by atoms with Crippen LogP contribution in [0.15, 0.2) is 0 Å². The first kappa shape index (κ1) is 27.7. The van der Waals surface area contributed by atoms with Crippen molar-refractivity contribution in [3.05, 3.63) is 0 Å². The number of nitrogens with two attached hydrogens (primary N) is 2. The van der Waals surface area contributed by atoms with Gasteiger partial charge in [-0.25, -0.2) is 4.79 Å². The van der Waals surface area contributed by atoms with E-state index in [2.05, 4.69) is 10.6 Å². The van der Waals surface area contributed by atoms with Crippen LogP contribution in [-0.2, 0) is 24.0 Å². The molecule has 5 unspecified atom stereocenters. The van der Waals surface area contributed by atoms with Gasteiger partial charge in [-0.2, -0.15) is 11.8 Å².